The van der Waals surface area contributed by atoms with Crippen LogP contribution >= 0.6 is 0 Å². The van der Waals surface area contributed by atoms with E-state index in [2.05, 4.69) is 12.1 Å². The molecule has 1 aromatic heterocycles. The zero-order valence-corrected chi connectivity index (χ0v) is 23.5. The maximum absolute atomic E-state index is 13.5. The predicted octanol–water partition coefficient (Wildman–Crippen LogP) is 5.19. The second-order valence-electron chi connectivity index (χ2n) is 11.2. The number of aliphatic carboxylic acids is 1. The van der Waals surface area contributed by atoms with Gasteiger partial charge in [0, 0.05) is 18.7 Å². The molecule has 220 valence electrons. The van der Waals surface area contributed by atoms with E-state index in [4.69, 9.17) is 9.97 Å². The Labute approximate surface area is 242 Å². The summed E-state index contributed by atoms with van der Waals surface area (Å²) in [6.07, 6.45) is 2.95. The summed E-state index contributed by atoms with van der Waals surface area (Å²) in [4.78, 5) is 36.3. The van der Waals surface area contributed by atoms with Crippen molar-refractivity contribution >= 4 is 24.0 Å². The topological polar surface area (TPSA) is 83.4 Å². The molecule has 6 nitrogen and oxygen atoms in total. The van der Waals surface area contributed by atoms with Crippen LogP contribution in [0.1, 0.15) is 61.8 Å². The lowest BCUT2D eigenvalue weighted by atomic mass is 9.88. The van der Waals surface area contributed by atoms with Crippen molar-refractivity contribution in [1.29, 1.82) is 0 Å². The SMILES string of the molecule is CC(CCCc1nc2c(nc1-c1ccc(C(F)(F)F)cc1)=CCC(C(=O)N1CCC(c3ccccc3)CC1)C=2)C(=O)O. The van der Waals surface area contributed by atoms with E-state index in [1.165, 1.54) is 17.7 Å². The Morgan fingerprint density at radius 1 is 1.00 bits per heavy atom. The lowest BCUT2D eigenvalue weighted by molar-refractivity contribution is -0.141. The number of aryl methyl sites for hydroxylation is 1. The number of carboxylic acid groups (broad SMARTS) is 1. The van der Waals surface area contributed by atoms with Gasteiger partial charge in [0.1, 0.15) is 0 Å². The second kappa shape index (κ2) is 12.5. The van der Waals surface area contributed by atoms with Gasteiger partial charge in [-0.3, -0.25) is 9.59 Å². The van der Waals surface area contributed by atoms with Crippen LogP contribution in [0.15, 0.2) is 54.6 Å². The van der Waals surface area contributed by atoms with Gasteiger partial charge in [-0.25, -0.2) is 9.97 Å². The van der Waals surface area contributed by atoms with Crippen LogP contribution in [0.4, 0.5) is 13.2 Å². The maximum Gasteiger partial charge on any atom is 0.416 e. The van der Waals surface area contributed by atoms with Crippen LogP contribution in [0.3, 0.4) is 0 Å². The Kier molecular flexibility index (Phi) is 8.75. The van der Waals surface area contributed by atoms with Crippen LogP contribution < -0.4 is 10.7 Å². The van der Waals surface area contributed by atoms with Gasteiger partial charge >= 0.3 is 12.1 Å². The number of likely N-dealkylation sites (tertiary alicyclic amines) is 1. The van der Waals surface area contributed by atoms with Gasteiger partial charge in [0.05, 0.1) is 39.5 Å². The van der Waals surface area contributed by atoms with E-state index >= 15 is 0 Å². The highest BCUT2D eigenvalue weighted by molar-refractivity contribution is 5.85. The first kappa shape index (κ1) is 29.5. The van der Waals surface area contributed by atoms with Gasteiger partial charge in [-0.2, -0.15) is 13.2 Å². The highest BCUT2D eigenvalue weighted by atomic mass is 19.4. The summed E-state index contributed by atoms with van der Waals surface area (Å²) in [5.74, 6) is -1.27. The van der Waals surface area contributed by atoms with Gasteiger partial charge in [0.2, 0.25) is 5.91 Å². The van der Waals surface area contributed by atoms with Gasteiger partial charge in [-0.05, 0) is 68.2 Å². The van der Waals surface area contributed by atoms with Gasteiger partial charge in [-0.15, -0.1) is 0 Å². The predicted molar refractivity (Wildman–Crippen MR) is 153 cm³/mol. The molecule has 9 heteroatoms. The van der Waals surface area contributed by atoms with Crippen LogP contribution in [0.5, 0.6) is 0 Å². The molecule has 1 saturated heterocycles. The third-order valence-electron chi connectivity index (χ3n) is 8.30. The number of hydrogen-bond donors (Lipinski definition) is 1. The molecular weight excluding hydrogens is 543 g/mol. The Hall–Kier alpha value is -4.01. The highest BCUT2D eigenvalue weighted by Crippen LogP contribution is 2.32. The lowest BCUT2D eigenvalue weighted by Crippen LogP contribution is -2.44. The molecule has 0 spiro atoms. The molecule has 42 heavy (non-hydrogen) atoms. The van der Waals surface area contributed by atoms with Crippen molar-refractivity contribution in [1.82, 2.24) is 14.9 Å². The zero-order valence-electron chi connectivity index (χ0n) is 23.5. The molecule has 0 radical (unpaired) electrons. The number of piperidine rings is 1. The van der Waals surface area contributed by atoms with Gasteiger partial charge in [0.25, 0.3) is 0 Å². The number of carbonyl (C=O) groups is 2. The molecule has 3 aromatic rings. The molecule has 2 unspecified atom stereocenters. The van der Waals surface area contributed by atoms with E-state index in [1.54, 1.807) is 6.92 Å². The number of amides is 1. The number of nitrogens with zero attached hydrogens (tertiary/aromatic N) is 3. The Morgan fingerprint density at radius 3 is 2.33 bits per heavy atom. The maximum atomic E-state index is 13.5. The second-order valence-corrected chi connectivity index (χ2v) is 11.2. The van der Waals surface area contributed by atoms with Crippen molar-refractivity contribution in [3.05, 3.63) is 82.1 Å². The first-order chi connectivity index (χ1) is 20.1. The average Bonchev–Trinajstić information content (AvgIpc) is 3.00. The highest BCUT2D eigenvalue weighted by Gasteiger charge is 2.31. The third kappa shape index (κ3) is 6.72. The average molecular weight is 578 g/mol. The number of halogens is 3. The van der Waals surface area contributed by atoms with Crippen LogP contribution in [0.2, 0.25) is 0 Å². The minimum Gasteiger partial charge on any atom is -0.481 e. The van der Waals surface area contributed by atoms with Crippen LogP contribution in [0, 0.1) is 11.8 Å². The summed E-state index contributed by atoms with van der Waals surface area (Å²) in [5.41, 5.74) is 2.12. The minimum atomic E-state index is -4.45. The van der Waals surface area contributed by atoms with Crippen molar-refractivity contribution in [3.8, 4) is 11.3 Å². The molecule has 2 aromatic carbocycles. The van der Waals surface area contributed by atoms with Gasteiger partial charge in [-0.1, -0.05) is 55.5 Å². The van der Waals surface area contributed by atoms with E-state index in [9.17, 15) is 27.9 Å². The largest absolute Gasteiger partial charge is 0.481 e. The Bertz CT molecular complexity index is 1550. The molecule has 5 rings (SSSR count). The zero-order chi connectivity index (χ0) is 29.9. The standard InChI is InChI=1S/C33H34F3N3O3/c1-21(32(41)42)6-5-9-28-30(24-10-13-26(14-11-24)33(34,35)36)38-27-15-12-25(20-29(27)37-28)31(40)39-18-16-23(17-19-39)22-7-3-2-4-8-22/h2-4,7-8,10-11,13-15,20-21,23,25H,5-6,9,12,16-19H2,1H3,(H,41,42). The molecule has 1 amide bonds. The van der Waals surface area contributed by atoms with Crippen molar-refractivity contribution in [3.63, 3.8) is 0 Å². The summed E-state index contributed by atoms with van der Waals surface area (Å²) in [7, 11) is 0. The molecule has 1 N–H and O–H groups in total. The normalized spacial score (nSPS) is 18.0. The molecule has 0 bridgehead atoms. The minimum absolute atomic E-state index is 0.0638. The molecule has 2 atom stereocenters. The summed E-state index contributed by atoms with van der Waals surface area (Å²) in [5, 5.41) is 10.4. The van der Waals surface area contributed by atoms with E-state index in [0.717, 1.165) is 25.0 Å². The number of aromatic nitrogens is 2. The van der Waals surface area contributed by atoms with Crippen molar-refractivity contribution in [2.24, 2.45) is 11.8 Å². The van der Waals surface area contributed by atoms with E-state index in [-0.39, 0.29) is 11.8 Å². The fourth-order valence-corrected chi connectivity index (χ4v) is 5.75. The van der Waals surface area contributed by atoms with Gasteiger partial charge < -0.3 is 10.0 Å². The number of carboxylic acids is 1. The van der Waals surface area contributed by atoms with E-state index in [0.29, 0.717) is 72.3 Å². The van der Waals surface area contributed by atoms with Crippen molar-refractivity contribution in [2.75, 3.05) is 13.1 Å². The summed E-state index contributed by atoms with van der Waals surface area (Å²) < 4.78 is 39.5. The number of benzene rings is 2. The van der Waals surface area contributed by atoms with E-state index in [1.807, 2.05) is 35.3 Å². The first-order valence-electron chi connectivity index (χ1n) is 14.4. The van der Waals surface area contributed by atoms with Crippen LogP contribution in [0.25, 0.3) is 23.4 Å². The van der Waals surface area contributed by atoms with Crippen LogP contribution in [-0.4, -0.2) is 44.9 Å². The molecule has 1 fully saturated rings. The Morgan fingerprint density at radius 2 is 1.69 bits per heavy atom. The summed E-state index contributed by atoms with van der Waals surface area (Å²) in [6, 6.07) is 15.2. The molecule has 1 aliphatic carbocycles. The van der Waals surface area contributed by atoms with Gasteiger partial charge in [0.15, 0.2) is 0 Å². The Balaban J connectivity index is 1.38. The van der Waals surface area contributed by atoms with Crippen molar-refractivity contribution in [2.45, 2.75) is 57.5 Å². The fraction of sp³-hybridized carbons (Fsp3) is 0.394. The molecular formula is C33H34F3N3O3. The molecule has 2 heterocycles. The number of carbonyl (C=O) groups excluding carboxylic acids is 1. The third-order valence-corrected chi connectivity index (χ3v) is 8.30. The number of hydrogen-bond acceptors (Lipinski definition) is 4. The number of fused-ring (bicyclic) bond motifs is 1. The summed E-state index contributed by atoms with van der Waals surface area (Å²) >= 11 is 0. The van der Waals surface area contributed by atoms with E-state index < -0.39 is 23.6 Å². The first-order valence-corrected chi connectivity index (χ1v) is 14.4. The smallest absolute Gasteiger partial charge is 0.416 e. The number of rotatable bonds is 8. The molecule has 0 saturated carbocycles. The summed E-state index contributed by atoms with van der Waals surface area (Å²) in [6.45, 7) is 3.03. The number of alkyl halides is 3. The van der Waals surface area contributed by atoms with Crippen LogP contribution in [-0.2, 0) is 22.2 Å². The fourth-order valence-electron chi connectivity index (χ4n) is 5.75. The monoisotopic (exact) mass is 577 g/mol. The lowest BCUT2D eigenvalue weighted by Gasteiger charge is -2.34. The quantitative estimate of drug-likeness (QED) is 0.398. The van der Waals surface area contributed by atoms with Crippen molar-refractivity contribution < 1.29 is 27.9 Å². The molecule has 2 aliphatic rings. The molecule has 1 aliphatic heterocycles.